The zero-order valence-electron chi connectivity index (χ0n) is 10.3. The smallest absolute Gasteiger partial charge is 0.0795 e. The predicted octanol–water partition coefficient (Wildman–Crippen LogP) is 1.59. The van der Waals surface area contributed by atoms with Gasteiger partial charge in [0.25, 0.3) is 0 Å². The highest BCUT2D eigenvalue weighted by Gasteiger charge is 2.37. The van der Waals surface area contributed by atoms with E-state index in [1.807, 2.05) is 17.9 Å². The van der Waals surface area contributed by atoms with Crippen molar-refractivity contribution in [3.05, 3.63) is 18.0 Å². The van der Waals surface area contributed by atoms with Crippen molar-refractivity contribution >= 4 is 0 Å². The van der Waals surface area contributed by atoms with Crippen LogP contribution in [0.3, 0.4) is 0 Å². The van der Waals surface area contributed by atoms with E-state index in [4.69, 9.17) is 4.74 Å². The maximum absolute atomic E-state index is 5.63. The molecule has 2 atom stereocenters. The lowest BCUT2D eigenvalue weighted by molar-refractivity contribution is 0.0530. The first-order chi connectivity index (χ1) is 7.80. The summed E-state index contributed by atoms with van der Waals surface area (Å²) >= 11 is 0. The number of nitrogens with one attached hydrogen (secondary N) is 1. The maximum atomic E-state index is 5.63. The van der Waals surface area contributed by atoms with Gasteiger partial charge in [0.05, 0.1) is 18.3 Å². The van der Waals surface area contributed by atoms with Crippen molar-refractivity contribution in [2.24, 2.45) is 5.92 Å². The SMILES string of the molecule is CCn1cc(C(NC)C(OC)C2CC2)cn1. The normalized spacial score (nSPS) is 19.7. The quantitative estimate of drug-likeness (QED) is 0.796. The number of hydrogen-bond acceptors (Lipinski definition) is 3. The third kappa shape index (κ3) is 2.28. The molecule has 1 fully saturated rings. The lowest BCUT2D eigenvalue weighted by atomic mass is 10.0. The van der Waals surface area contributed by atoms with Crippen LogP contribution in [0, 0.1) is 5.92 Å². The molecule has 1 aromatic rings. The zero-order valence-corrected chi connectivity index (χ0v) is 10.3. The highest BCUT2D eigenvalue weighted by Crippen LogP contribution is 2.39. The Morgan fingerprint density at radius 3 is 2.81 bits per heavy atom. The number of rotatable bonds is 6. The Hall–Kier alpha value is -0.870. The molecule has 0 amide bonds. The third-order valence-corrected chi connectivity index (χ3v) is 3.33. The second kappa shape index (κ2) is 4.97. The van der Waals surface area contributed by atoms with E-state index in [1.54, 1.807) is 7.11 Å². The lowest BCUT2D eigenvalue weighted by Gasteiger charge is -2.24. The van der Waals surface area contributed by atoms with E-state index in [-0.39, 0.29) is 12.1 Å². The fraction of sp³-hybridized carbons (Fsp3) is 0.750. The van der Waals surface area contributed by atoms with Gasteiger partial charge in [-0.3, -0.25) is 4.68 Å². The first-order valence-corrected chi connectivity index (χ1v) is 6.02. The molecule has 0 aromatic carbocycles. The summed E-state index contributed by atoms with van der Waals surface area (Å²) in [6, 6.07) is 0.262. The van der Waals surface area contributed by atoms with Crippen LogP contribution in [0.4, 0.5) is 0 Å². The highest BCUT2D eigenvalue weighted by atomic mass is 16.5. The summed E-state index contributed by atoms with van der Waals surface area (Å²) in [4.78, 5) is 0. The molecule has 16 heavy (non-hydrogen) atoms. The number of likely N-dealkylation sites (N-methyl/N-ethyl adjacent to an activating group) is 1. The molecule has 0 saturated heterocycles. The summed E-state index contributed by atoms with van der Waals surface area (Å²) in [7, 11) is 3.79. The zero-order chi connectivity index (χ0) is 11.5. The Kier molecular flexibility index (Phi) is 3.61. The van der Waals surface area contributed by atoms with Crippen molar-refractivity contribution < 1.29 is 4.74 Å². The molecule has 1 aliphatic carbocycles. The highest BCUT2D eigenvalue weighted by molar-refractivity contribution is 5.14. The van der Waals surface area contributed by atoms with Gasteiger partial charge in [-0.25, -0.2) is 0 Å². The second-order valence-electron chi connectivity index (χ2n) is 4.43. The van der Waals surface area contributed by atoms with Crippen LogP contribution in [0.1, 0.15) is 31.4 Å². The second-order valence-corrected chi connectivity index (χ2v) is 4.43. The molecule has 4 heteroatoms. The fourth-order valence-electron chi connectivity index (χ4n) is 2.26. The van der Waals surface area contributed by atoms with E-state index in [1.165, 1.54) is 18.4 Å². The summed E-state index contributed by atoms with van der Waals surface area (Å²) in [6.45, 7) is 3.01. The Bertz CT molecular complexity index is 333. The number of aromatic nitrogens is 2. The minimum Gasteiger partial charge on any atom is -0.379 e. The molecule has 0 bridgehead atoms. The van der Waals surface area contributed by atoms with Crippen molar-refractivity contribution in [2.75, 3.05) is 14.2 Å². The summed E-state index contributed by atoms with van der Waals surface area (Å²) in [5, 5.41) is 7.67. The van der Waals surface area contributed by atoms with Crippen molar-refractivity contribution in [1.29, 1.82) is 0 Å². The molecular weight excluding hydrogens is 202 g/mol. The van der Waals surface area contributed by atoms with Crippen molar-refractivity contribution in [1.82, 2.24) is 15.1 Å². The Morgan fingerprint density at radius 1 is 1.62 bits per heavy atom. The minimum atomic E-state index is 0.262. The number of methoxy groups -OCH3 is 1. The molecule has 1 aromatic heterocycles. The molecule has 1 saturated carbocycles. The van der Waals surface area contributed by atoms with Gasteiger partial charge in [-0.1, -0.05) is 0 Å². The van der Waals surface area contributed by atoms with Gasteiger partial charge < -0.3 is 10.1 Å². The van der Waals surface area contributed by atoms with Crippen molar-refractivity contribution in [2.45, 2.75) is 38.5 Å². The molecule has 90 valence electrons. The van der Waals surface area contributed by atoms with Gasteiger partial charge in [-0.15, -0.1) is 0 Å². The Morgan fingerprint density at radius 2 is 2.38 bits per heavy atom. The maximum Gasteiger partial charge on any atom is 0.0795 e. The van der Waals surface area contributed by atoms with Gasteiger partial charge in [-0.05, 0) is 32.7 Å². The van der Waals surface area contributed by atoms with E-state index in [9.17, 15) is 0 Å². The van der Waals surface area contributed by atoms with E-state index >= 15 is 0 Å². The summed E-state index contributed by atoms with van der Waals surface area (Å²) in [5.41, 5.74) is 1.23. The van der Waals surface area contributed by atoms with Crippen molar-refractivity contribution in [3.63, 3.8) is 0 Å². The Labute approximate surface area is 97.0 Å². The molecule has 0 aliphatic heterocycles. The largest absolute Gasteiger partial charge is 0.379 e. The van der Waals surface area contributed by atoms with Crippen LogP contribution in [0.5, 0.6) is 0 Å². The van der Waals surface area contributed by atoms with Crippen molar-refractivity contribution in [3.8, 4) is 0 Å². The van der Waals surface area contributed by atoms with Gasteiger partial charge in [0.15, 0.2) is 0 Å². The molecule has 0 radical (unpaired) electrons. The summed E-state index contributed by atoms with van der Waals surface area (Å²) in [6.07, 6.45) is 6.91. The topological polar surface area (TPSA) is 39.1 Å². The van der Waals surface area contributed by atoms with Crippen LogP contribution in [0.25, 0.3) is 0 Å². The minimum absolute atomic E-state index is 0.262. The van der Waals surface area contributed by atoms with E-state index in [0.29, 0.717) is 5.92 Å². The van der Waals surface area contributed by atoms with Crippen LogP contribution in [-0.4, -0.2) is 30.0 Å². The van der Waals surface area contributed by atoms with Gasteiger partial charge in [0.2, 0.25) is 0 Å². The van der Waals surface area contributed by atoms with E-state index < -0.39 is 0 Å². The Balaban J connectivity index is 2.13. The van der Waals surface area contributed by atoms with Gasteiger partial charge in [0.1, 0.15) is 0 Å². The molecule has 2 unspecified atom stereocenters. The molecule has 1 aliphatic rings. The number of aryl methyl sites for hydroxylation is 1. The first kappa shape index (κ1) is 11.6. The number of hydrogen-bond donors (Lipinski definition) is 1. The third-order valence-electron chi connectivity index (χ3n) is 3.33. The number of nitrogens with zero attached hydrogens (tertiary/aromatic N) is 2. The van der Waals surface area contributed by atoms with Gasteiger partial charge >= 0.3 is 0 Å². The molecule has 4 nitrogen and oxygen atoms in total. The van der Waals surface area contributed by atoms with Crippen LogP contribution >= 0.6 is 0 Å². The molecule has 1 heterocycles. The summed E-state index contributed by atoms with van der Waals surface area (Å²) < 4.78 is 7.58. The molecule has 2 rings (SSSR count). The van der Waals surface area contributed by atoms with Crippen LogP contribution in [0.15, 0.2) is 12.4 Å². The van der Waals surface area contributed by atoms with Crippen LogP contribution in [0.2, 0.25) is 0 Å². The first-order valence-electron chi connectivity index (χ1n) is 6.02. The van der Waals surface area contributed by atoms with E-state index in [2.05, 4.69) is 23.5 Å². The average molecular weight is 223 g/mol. The molecular formula is C12H21N3O. The number of ether oxygens (including phenoxy) is 1. The molecule has 0 spiro atoms. The lowest BCUT2D eigenvalue weighted by Crippen LogP contribution is -2.32. The van der Waals surface area contributed by atoms with Gasteiger partial charge in [0, 0.05) is 25.4 Å². The monoisotopic (exact) mass is 223 g/mol. The van der Waals surface area contributed by atoms with Crippen LogP contribution in [-0.2, 0) is 11.3 Å². The summed E-state index contributed by atoms with van der Waals surface area (Å²) in [5.74, 6) is 0.715. The van der Waals surface area contributed by atoms with Crippen LogP contribution < -0.4 is 5.32 Å². The standard InChI is InChI=1S/C12H21N3O/c1-4-15-8-10(7-14-15)11(13-2)12(16-3)9-5-6-9/h7-9,11-13H,4-6H2,1-3H3. The van der Waals surface area contributed by atoms with E-state index in [0.717, 1.165) is 6.54 Å². The molecule has 1 N–H and O–H groups in total. The average Bonchev–Trinajstić information content (AvgIpc) is 3.03. The fourth-order valence-corrected chi connectivity index (χ4v) is 2.26. The van der Waals surface area contributed by atoms with Gasteiger partial charge in [-0.2, -0.15) is 5.10 Å². The predicted molar refractivity (Wildman–Crippen MR) is 63.2 cm³/mol.